The molecule has 0 radical (unpaired) electrons. The van der Waals surface area contributed by atoms with Crippen molar-refractivity contribution >= 4 is 21.6 Å². The predicted molar refractivity (Wildman–Crippen MR) is 117 cm³/mol. The van der Waals surface area contributed by atoms with Crippen molar-refractivity contribution in [2.24, 2.45) is 0 Å². The van der Waals surface area contributed by atoms with Gasteiger partial charge in [-0.1, -0.05) is 30.3 Å². The first-order valence-electron chi connectivity index (χ1n) is 9.75. The quantitative estimate of drug-likeness (QED) is 0.533. The molecule has 0 saturated carbocycles. The van der Waals surface area contributed by atoms with Crippen molar-refractivity contribution in [3.63, 3.8) is 0 Å². The van der Waals surface area contributed by atoms with Crippen molar-refractivity contribution in [3.8, 4) is 0 Å². The van der Waals surface area contributed by atoms with E-state index in [2.05, 4.69) is 10.3 Å². The number of carbonyl (C=O) groups excluding carboxylic acids is 1. The van der Waals surface area contributed by atoms with Crippen molar-refractivity contribution in [1.82, 2.24) is 14.9 Å². The molecule has 158 valence electrons. The van der Waals surface area contributed by atoms with Crippen LogP contribution in [0.2, 0.25) is 0 Å². The van der Waals surface area contributed by atoms with E-state index in [4.69, 9.17) is 0 Å². The zero-order chi connectivity index (χ0) is 21.6. The maximum absolute atomic E-state index is 13.4. The average Bonchev–Trinajstić information content (AvgIpc) is 3.25. The number of hydrogen-bond donors (Lipinski definition) is 1. The molecule has 0 unspecified atom stereocenters. The second-order valence-electron chi connectivity index (χ2n) is 7.12. The number of imidazole rings is 1. The molecule has 1 heterocycles. The number of nitrogens with one attached hydrogen (secondary N) is 1. The number of anilines is 1. The van der Waals surface area contributed by atoms with E-state index in [0.29, 0.717) is 12.2 Å². The van der Waals surface area contributed by atoms with E-state index in [9.17, 15) is 13.2 Å². The number of aryl methyl sites for hydroxylation is 3. The van der Waals surface area contributed by atoms with Crippen LogP contribution in [-0.2, 0) is 21.4 Å². The topological polar surface area (TPSA) is 84.3 Å². The van der Waals surface area contributed by atoms with Gasteiger partial charge < -0.3 is 9.88 Å². The summed E-state index contributed by atoms with van der Waals surface area (Å²) in [6, 6.07) is 13.8. The average molecular weight is 427 g/mol. The molecule has 0 atom stereocenters. The van der Waals surface area contributed by atoms with Crippen LogP contribution in [-0.4, -0.2) is 37.0 Å². The normalized spacial score (nSPS) is 11.3. The molecule has 1 N–H and O–H groups in total. The van der Waals surface area contributed by atoms with Crippen molar-refractivity contribution < 1.29 is 13.2 Å². The number of aromatic nitrogens is 2. The molecule has 0 aliphatic carbocycles. The molecule has 7 nitrogen and oxygen atoms in total. The Hall–Kier alpha value is -3.13. The van der Waals surface area contributed by atoms with Gasteiger partial charge in [-0.3, -0.25) is 9.10 Å². The minimum Gasteiger partial charge on any atom is -0.354 e. The standard InChI is InChI=1S/C22H26N4O3S/c1-18-9-10-19(2)21(15-18)26(30(28,29)20-7-4-3-5-8-20)16-22(27)24-11-6-13-25-14-12-23-17-25/h3-5,7-10,12,14-15,17H,6,11,13,16H2,1-2H3,(H,24,27). The molecule has 2 aromatic carbocycles. The van der Waals surface area contributed by atoms with E-state index in [1.807, 2.05) is 36.7 Å². The van der Waals surface area contributed by atoms with Gasteiger partial charge in [-0.15, -0.1) is 0 Å². The number of benzene rings is 2. The van der Waals surface area contributed by atoms with Crippen LogP contribution in [0.25, 0.3) is 0 Å². The van der Waals surface area contributed by atoms with Crippen LogP contribution in [0.1, 0.15) is 17.5 Å². The van der Waals surface area contributed by atoms with Gasteiger partial charge in [0.2, 0.25) is 5.91 Å². The summed E-state index contributed by atoms with van der Waals surface area (Å²) in [6.07, 6.45) is 6.00. The van der Waals surface area contributed by atoms with Crippen LogP contribution in [0.15, 0.2) is 72.1 Å². The molecular weight excluding hydrogens is 400 g/mol. The summed E-state index contributed by atoms with van der Waals surface area (Å²) in [4.78, 5) is 16.8. The maximum atomic E-state index is 13.4. The fourth-order valence-corrected chi connectivity index (χ4v) is 4.60. The second-order valence-corrected chi connectivity index (χ2v) is 8.98. The van der Waals surface area contributed by atoms with E-state index < -0.39 is 10.0 Å². The van der Waals surface area contributed by atoms with Crippen LogP contribution < -0.4 is 9.62 Å². The van der Waals surface area contributed by atoms with Crippen molar-refractivity contribution in [1.29, 1.82) is 0 Å². The van der Waals surface area contributed by atoms with Gasteiger partial charge in [0.15, 0.2) is 0 Å². The first-order chi connectivity index (χ1) is 14.4. The monoisotopic (exact) mass is 426 g/mol. The SMILES string of the molecule is Cc1ccc(C)c(N(CC(=O)NCCCn2ccnc2)S(=O)(=O)c2ccccc2)c1. The molecule has 1 amide bonds. The molecule has 3 aromatic rings. The third kappa shape index (κ3) is 5.27. The third-order valence-corrected chi connectivity index (χ3v) is 6.50. The van der Waals surface area contributed by atoms with E-state index >= 15 is 0 Å². The Morgan fingerprint density at radius 1 is 1.13 bits per heavy atom. The molecule has 8 heteroatoms. The van der Waals surface area contributed by atoms with Gasteiger partial charge in [0.1, 0.15) is 6.54 Å². The highest BCUT2D eigenvalue weighted by Gasteiger charge is 2.28. The van der Waals surface area contributed by atoms with E-state index in [-0.39, 0.29) is 17.3 Å². The van der Waals surface area contributed by atoms with Gasteiger partial charge in [0.05, 0.1) is 16.9 Å². The van der Waals surface area contributed by atoms with Gasteiger partial charge >= 0.3 is 0 Å². The molecule has 0 aliphatic rings. The highest BCUT2D eigenvalue weighted by atomic mass is 32.2. The molecule has 1 aromatic heterocycles. The van der Waals surface area contributed by atoms with Crippen LogP contribution in [0.4, 0.5) is 5.69 Å². The molecule has 0 bridgehead atoms. The second kappa shape index (κ2) is 9.58. The van der Waals surface area contributed by atoms with Crippen molar-refractivity contribution in [3.05, 3.63) is 78.4 Å². The number of nitrogens with zero attached hydrogens (tertiary/aromatic N) is 3. The zero-order valence-electron chi connectivity index (χ0n) is 17.2. The van der Waals surface area contributed by atoms with Crippen molar-refractivity contribution in [2.45, 2.75) is 31.7 Å². The predicted octanol–water partition coefficient (Wildman–Crippen LogP) is 2.90. The minimum atomic E-state index is -3.89. The fraction of sp³-hybridized carbons (Fsp3) is 0.273. The summed E-state index contributed by atoms with van der Waals surface area (Å²) in [5, 5.41) is 2.82. The maximum Gasteiger partial charge on any atom is 0.264 e. The lowest BCUT2D eigenvalue weighted by Crippen LogP contribution is -2.41. The lowest BCUT2D eigenvalue weighted by Gasteiger charge is -2.26. The lowest BCUT2D eigenvalue weighted by molar-refractivity contribution is -0.119. The minimum absolute atomic E-state index is 0.152. The van der Waals surface area contributed by atoms with Gasteiger partial charge in [-0.05, 0) is 49.6 Å². The number of hydrogen-bond acceptors (Lipinski definition) is 4. The Labute approximate surface area is 177 Å². The molecular formula is C22H26N4O3S. The molecule has 3 rings (SSSR count). The Morgan fingerprint density at radius 2 is 1.90 bits per heavy atom. The first-order valence-corrected chi connectivity index (χ1v) is 11.2. The van der Waals surface area contributed by atoms with Crippen LogP contribution in [0, 0.1) is 13.8 Å². The molecule has 30 heavy (non-hydrogen) atoms. The summed E-state index contributed by atoms with van der Waals surface area (Å²) in [7, 11) is -3.89. The van der Waals surface area contributed by atoms with Gasteiger partial charge in [0.25, 0.3) is 10.0 Å². The van der Waals surface area contributed by atoms with E-state index in [0.717, 1.165) is 24.1 Å². The lowest BCUT2D eigenvalue weighted by atomic mass is 10.1. The highest BCUT2D eigenvalue weighted by molar-refractivity contribution is 7.92. The number of sulfonamides is 1. The zero-order valence-corrected chi connectivity index (χ0v) is 18.0. The Morgan fingerprint density at radius 3 is 2.60 bits per heavy atom. The van der Waals surface area contributed by atoms with E-state index in [1.165, 1.54) is 16.4 Å². The third-order valence-electron chi connectivity index (χ3n) is 4.73. The Kier molecular flexibility index (Phi) is 6.89. The molecule has 0 aliphatic heterocycles. The van der Waals surface area contributed by atoms with Gasteiger partial charge in [-0.25, -0.2) is 13.4 Å². The van der Waals surface area contributed by atoms with Crippen LogP contribution in [0.3, 0.4) is 0 Å². The van der Waals surface area contributed by atoms with E-state index in [1.54, 1.807) is 36.8 Å². The largest absolute Gasteiger partial charge is 0.354 e. The number of rotatable bonds is 9. The highest BCUT2D eigenvalue weighted by Crippen LogP contribution is 2.27. The summed E-state index contributed by atoms with van der Waals surface area (Å²) < 4.78 is 29.8. The molecule has 0 spiro atoms. The summed E-state index contributed by atoms with van der Waals surface area (Å²) in [6.45, 7) is 4.62. The number of amides is 1. The Bertz CT molecular complexity index is 1080. The summed E-state index contributed by atoms with van der Waals surface area (Å²) in [5.74, 6) is -0.346. The molecule has 0 saturated heterocycles. The van der Waals surface area contributed by atoms with Gasteiger partial charge in [0, 0.05) is 25.5 Å². The van der Waals surface area contributed by atoms with Crippen LogP contribution >= 0.6 is 0 Å². The summed E-state index contributed by atoms with van der Waals surface area (Å²) in [5.41, 5.74) is 2.21. The fourth-order valence-electron chi connectivity index (χ4n) is 3.10. The van der Waals surface area contributed by atoms with Gasteiger partial charge in [-0.2, -0.15) is 0 Å². The molecule has 0 fully saturated rings. The smallest absolute Gasteiger partial charge is 0.264 e. The number of carbonyl (C=O) groups is 1. The van der Waals surface area contributed by atoms with Crippen molar-refractivity contribution in [2.75, 3.05) is 17.4 Å². The first kappa shape index (κ1) is 21.6. The van der Waals surface area contributed by atoms with Crippen LogP contribution in [0.5, 0.6) is 0 Å². The summed E-state index contributed by atoms with van der Waals surface area (Å²) >= 11 is 0. The Balaban J connectivity index is 1.77.